The second kappa shape index (κ2) is 5.28. The lowest BCUT2D eigenvalue weighted by Crippen LogP contribution is -1.97. The minimum Gasteiger partial charge on any atom is -0.486 e. The molecule has 4 nitrogen and oxygen atoms in total. The number of H-pyrrole nitrogens is 1. The smallest absolute Gasteiger partial charge is 0.335 e. The summed E-state index contributed by atoms with van der Waals surface area (Å²) in [5, 5.41) is 9.81. The van der Waals surface area contributed by atoms with Gasteiger partial charge in [-0.2, -0.15) is 0 Å². The Hall–Kier alpha value is -2.82. The van der Waals surface area contributed by atoms with Crippen LogP contribution in [0.15, 0.2) is 48.7 Å². The third kappa shape index (κ3) is 2.58. The highest BCUT2D eigenvalue weighted by molar-refractivity contribution is 5.94. The van der Waals surface area contributed by atoms with Gasteiger partial charge in [-0.15, -0.1) is 0 Å². The Balaban J connectivity index is 1.85. The number of fused-ring (bicyclic) bond motifs is 1. The van der Waals surface area contributed by atoms with Crippen molar-refractivity contribution in [1.82, 2.24) is 4.98 Å². The summed E-state index contributed by atoms with van der Waals surface area (Å²) < 4.78 is 18.9. The second-order valence-corrected chi connectivity index (χ2v) is 4.60. The zero-order valence-corrected chi connectivity index (χ0v) is 11.0. The molecule has 0 aliphatic rings. The minimum absolute atomic E-state index is 0.189. The molecule has 106 valence electrons. The highest BCUT2D eigenvalue weighted by Gasteiger charge is 2.09. The van der Waals surface area contributed by atoms with Crippen LogP contribution < -0.4 is 4.74 Å². The molecule has 21 heavy (non-hydrogen) atoms. The van der Waals surface area contributed by atoms with Crippen molar-refractivity contribution in [1.29, 1.82) is 0 Å². The van der Waals surface area contributed by atoms with Crippen molar-refractivity contribution in [3.8, 4) is 5.75 Å². The average molecular weight is 285 g/mol. The Morgan fingerprint density at radius 1 is 1.24 bits per heavy atom. The molecule has 0 bridgehead atoms. The molecule has 0 spiro atoms. The quantitative estimate of drug-likeness (QED) is 0.770. The molecule has 2 N–H and O–H groups in total. The van der Waals surface area contributed by atoms with Gasteiger partial charge in [0.25, 0.3) is 0 Å². The van der Waals surface area contributed by atoms with E-state index in [1.807, 2.05) is 0 Å². The summed E-state index contributed by atoms with van der Waals surface area (Å²) in [6, 6.07) is 11.0. The van der Waals surface area contributed by atoms with Gasteiger partial charge in [-0.1, -0.05) is 18.2 Å². The largest absolute Gasteiger partial charge is 0.486 e. The fraction of sp³-hybridized carbons (Fsp3) is 0.0625. The molecule has 3 aromatic rings. The molecule has 0 unspecified atom stereocenters. The van der Waals surface area contributed by atoms with Crippen molar-refractivity contribution in [2.75, 3.05) is 0 Å². The molecule has 0 aliphatic heterocycles. The Morgan fingerprint density at radius 2 is 2.05 bits per heavy atom. The van der Waals surface area contributed by atoms with Gasteiger partial charge in [0.2, 0.25) is 0 Å². The molecule has 1 aromatic heterocycles. The van der Waals surface area contributed by atoms with Crippen LogP contribution in [0.5, 0.6) is 5.75 Å². The third-order valence-electron chi connectivity index (χ3n) is 3.23. The standard InChI is InChI=1S/C16H12FNO3/c17-13-3-1-2-4-15(13)21-9-11-8-18-14-7-10(16(19)20)5-6-12(11)14/h1-8,18H,9H2,(H,19,20). The molecule has 0 saturated carbocycles. The maximum absolute atomic E-state index is 13.5. The first-order valence-corrected chi connectivity index (χ1v) is 6.36. The van der Waals surface area contributed by atoms with Gasteiger partial charge in [-0.05, 0) is 24.3 Å². The van der Waals surface area contributed by atoms with E-state index < -0.39 is 11.8 Å². The van der Waals surface area contributed by atoms with Crippen molar-refractivity contribution in [2.45, 2.75) is 6.61 Å². The van der Waals surface area contributed by atoms with E-state index in [0.717, 1.165) is 10.9 Å². The Kier molecular flexibility index (Phi) is 3.31. The van der Waals surface area contributed by atoms with E-state index in [-0.39, 0.29) is 17.9 Å². The number of carboxylic acid groups (broad SMARTS) is 1. The number of hydrogen-bond acceptors (Lipinski definition) is 2. The molecule has 5 heteroatoms. The molecule has 0 radical (unpaired) electrons. The average Bonchev–Trinajstić information content (AvgIpc) is 2.88. The van der Waals surface area contributed by atoms with Crippen molar-refractivity contribution in [2.24, 2.45) is 0 Å². The van der Waals surface area contributed by atoms with Crippen LogP contribution in [0.3, 0.4) is 0 Å². The molecule has 0 saturated heterocycles. The van der Waals surface area contributed by atoms with Crippen LogP contribution >= 0.6 is 0 Å². The lowest BCUT2D eigenvalue weighted by Gasteiger charge is -2.06. The van der Waals surface area contributed by atoms with Crippen LogP contribution in [0.1, 0.15) is 15.9 Å². The van der Waals surface area contributed by atoms with Gasteiger partial charge in [-0.25, -0.2) is 9.18 Å². The number of halogens is 1. The second-order valence-electron chi connectivity index (χ2n) is 4.60. The SMILES string of the molecule is O=C(O)c1ccc2c(COc3ccccc3F)c[nH]c2c1. The van der Waals surface area contributed by atoms with E-state index in [1.165, 1.54) is 12.1 Å². The molecular formula is C16H12FNO3. The Morgan fingerprint density at radius 3 is 2.81 bits per heavy atom. The summed E-state index contributed by atoms with van der Waals surface area (Å²) in [4.78, 5) is 13.9. The normalized spacial score (nSPS) is 10.7. The van der Waals surface area contributed by atoms with Crippen LogP contribution in [-0.4, -0.2) is 16.1 Å². The third-order valence-corrected chi connectivity index (χ3v) is 3.23. The summed E-state index contributed by atoms with van der Waals surface area (Å²) >= 11 is 0. The van der Waals surface area contributed by atoms with E-state index in [2.05, 4.69) is 4.98 Å². The van der Waals surface area contributed by atoms with Crippen LogP contribution in [0.25, 0.3) is 10.9 Å². The maximum atomic E-state index is 13.5. The van der Waals surface area contributed by atoms with Crippen LogP contribution in [0, 0.1) is 5.82 Å². The number of aromatic nitrogens is 1. The number of nitrogens with one attached hydrogen (secondary N) is 1. The first-order chi connectivity index (χ1) is 10.1. The van der Waals surface area contributed by atoms with E-state index in [4.69, 9.17) is 9.84 Å². The molecule has 1 heterocycles. The number of aromatic amines is 1. The predicted molar refractivity (Wildman–Crippen MR) is 76.0 cm³/mol. The number of para-hydroxylation sites is 1. The summed E-state index contributed by atoms with van der Waals surface area (Å²) in [6.45, 7) is 0.202. The zero-order valence-electron chi connectivity index (χ0n) is 11.0. The molecule has 0 atom stereocenters. The molecule has 0 fully saturated rings. The molecule has 0 aliphatic carbocycles. The number of aromatic carboxylic acids is 1. The number of carbonyl (C=O) groups is 1. The summed E-state index contributed by atoms with van der Waals surface area (Å²) in [5.41, 5.74) is 1.76. The lowest BCUT2D eigenvalue weighted by molar-refractivity contribution is 0.0697. The van der Waals surface area contributed by atoms with Crippen molar-refractivity contribution < 1.29 is 19.0 Å². The summed E-state index contributed by atoms with van der Waals surface area (Å²) in [6.07, 6.45) is 1.73. The minimum atomic E-state index is -0.976. The molecule has 0 amide bonds. The first-order valence-electron chi connectivity index (χ1n) is 6.36. The molecule has 2 aromatic carbocycles. The van der Waals surface area contributed by atoms with Crippen molar-refractivity contribution in [3.63, 3.8) is 0 Å². The van der Waals surface area contributed by atoms with Gasteiger partial charge < -0.3 is 14.8 Å². The van der Waals surface area contributed by atoms with Crippen LogP contribution in [-0.2, 0) is 6.61 Å². The van der Waals surface area contributed by atoms with Gasteiger partial charge >= 0.3 is 5.97 Å². The van der Waals surface area contributed by atoms with Gasteiger partial charge in [0.15, 0.2) is 11.6 Å². The molecule has 3 rings (SSSR count). The maximum Gasteiger partial charge on any atom is 0.335 e. The lowest BCUT2D eigenvalue weighted by atomic mass is 10.1. The number of benzene rings is 2. The van der Waals surface area contributed by atoms with Gasteiger partial charge in [0.05, 0.1) is 5.56 Å². The fourth-order valence-corrected chi connectivity index (χ4v) is 2.16. The van der Waals surface area contributed by atoms with Gasteiger partial charge in [0.1, 0.15) is 6.61 Å². The number of hydrogen-bond donors (Lipinski definition) is 2. The summed E-state index contributed by atoms with van der Waals surface area (Å²) in [5.74, 6) is -1.20. The Bertz CT molecular complexity index is 810. The van der Waals surface area contributed by atoms with Gasteiger partial charge in [-0.3, -0.25) is 0 Å². The summed E-state index contributed by atoms with van der Waals surface area (Å²) in [7, 11) is 0. The highest BCUT2D eigenvalue weighted by Crippen LogP contribution is 2.23. The monoisotopic (exact) mass is 285 g/mol. The van der Waals surface area contributed by atoms with Crippen LogP contribution in [0.2, 0.25) is 0 Å². The van der Waals surface area contributed by atoms with Crippen molar-refractivity contribution >= 4 is 16.9 Å². The Labute approximate surface area is 119 Å². The van der Waals surface area contributed by atoms with E-state index in [9.17, 15) is 9.18 Å². The van der Waals surface area contributed by atoms with Gasteiger partial charge in [0, 0.05) is 22.7 Å². The number of rotatable bonds is 4. The zero-order chi connectivity index (χ0) is 14.8. The van der Waals surface area contributed by atoms with E-state index in [0.29, 0.717) is 5.52 Å². The predicted octanol–water partition coefficient (Wildman–Crippen LogP) is 3.58. The topological polar surface area (TPSA) is 62.3 Å². The van der Waals surface area contributed by atoms with E-state index in [1.54, 1.807) is 36.5 Å². The highest BCUT2D eigenvalue weighted by atomic mass is 19.1. The van der Waals surface area contributed by atoms with Crippen molar-refractivity contribution in [3.05, 3.63) is 65.6 Å². The first kappa shape index (κ1) is 13.2. The number of ether oxygens (including phenoxy) is 1. The molecular weight excluding hydrogens is 273 g/mol. The van der Waals surface area contributed by atoms with Crippen LogP contribution in [0.4, 0.5) is 4.39 Å². The fourth-order valence-electron chi connectivity index (χ4n) is 2.16. The number of carboxylic acids is 1. The van der Waals surface area contributed by atoms with E-state index >= 15 is 0 Å².